The van der Waals surface area contributed by atoms with Crippen LogP contribution in [0.25, 0.3) is 0 Å². The van der Waals surface area contributed by atoms with E-state index >= 15 is 0 Å². The molecule has 0 aromatic carbocycles. The van der Waals surface area contributed by atoms with Gasteiger partial charge in [-0.25, -0.2) is 9.97 Å². The number of rotatable bonds is 6. The number of anilines is 1. The van der Waals surface area contributed by atoms with Gasteiger partial charge in [0, 0.05) is 35.2 Å². The molecule has 2 rings (SSSR count). The van der Waals surface area contributed by atoms with Crippen LogP contribution < -0.4 is 5.32 Å². The summed E-state index contributed by atoms with van der Waals surface area (Å²) in [7, 11) is 0. The summed E-state index contributed by atoms with van der Waals surface area (Å²) in [6, 6.07) is 1.97. The van der Waals surface area contributed by atoms with Crippen LogP contribution in [0, 0.1) is 13.8 Å². The highest BCUT2D eigenvalue weighted by Crippen LogP contribution is 2.25. The monoisotopic (exact) mass is 295 g/mol. The second-order valence-corrected chi connectivity index (χ2v) is 5.89. The summed E-state index contributed by atoms with van der Waals surface area (Å²) >= 11 is 3.00. The van der Waals surface area contributed by atoms with Gasteiger partial charge in [-0.05, 0) is 26.3 Å². The maximum absolute atomic E-state index is 4.41. The maximum Gasteiger partial charge on any atom is 0.188 e. The molecule has 2 aromatic heterocycles. The van der Waals surface area contributed by atoms with Gasteiger partial charge in [0.1, 0.15) is 10.7 Å². The summed E-state index contributed by atoms with van der Waals surface area (Å²) in [5.41, 5.74) is 2.97. The van der Waals surface area contributed by atoms with Crippen molar-refractivity contribution < 1.29 is 0 Å². The van der Waals surface area contributed by atoms with E-state index in [-0.39, 0.29) is 0 Å². The van der Waals surface area contributed by atoms with Gasteiger partial charge in [0.05, 0.1) is 0 Å². The van der Waals surface area contributed by atoms with Crippen LogP contribution in [0.15, 0.2) is 11.2 Å². The molecule has 5 nitrogen and oxygen atoms in total. The number of aryl methyl sites for hydroxylation is 2. The van der Waals surface area contributed by atoms with Crippen molar-refractivity contribution in [3.05, 3.63) is 23.1 Å². The van der Waals surface area contributed by atoms with Gasteiger partial charge >= 0.3 is 0 Å². The standard InChI is InChI=1S/C12H17N5S2/c1-4-5-13-11-10(16-17-19-11)7-18-12-14-8(2)6-9(3)15-12/h6,13H,4-5,7H2,1-3H3. The molecule has 2 aromatic rings. The minimum absolute atomic E-state index is 0.742. The Morgan fingerprint density at radius 2 is 2.00 bits per heavy atom. The Hall–Kier alpha value is -1.21. The summed E-state index contributed by atoms with van der Waals surface area (Å²) in [6.45, 7) is 7.05. The maximum atomic E-state index is 4.41. The third-order valence-corrected chi connectivity index (χ3v) is 3.98. The molecule has 0 aliphatic rings. The molecular formula is C12H17N5S2. The molecule has 0 spiro atoms. The fourth-order valence-electron chi connectivity index (χ4n) is 1.57. The molecule has 0 bridgehead atoms. The molecule has 0 saturated carbocycles. The summed E-state index contributed by atoms with van der Waals surface area (Å²) in [5, 5.41) is 9.35. The van der Waals surface area contributed by atoms with Gasteiger partial charge in [-0.15, -0.1) is 5.10 Å². The van der Waals surface area contributed by atoms with E-state index in [1.807, 2.05) is 19.9 Å². The lowest BCUT2D eigenvalue weighted by Crippen LogP contribution is -2.00. The number of hydrogen-bond donors (Lipinski definition) is 1. The van der Waals surface area contributed by atoms with Crippen molar-refractivity contribution in [3.8, 4) is 0 Å². The fraction of sp³-hybridized carbons (Fsp3) is 0.500. The van der Waals surface area contributed by atoms with Crippen molar-refractivity contribution in [3.63, 3.8) is 0 Å². The summed E-state index contributed by atoms with van der Waals surface area (Å²) in [6.07, 6.45) is 1.09. The second kappa shape index (κ2) is 6.81. The van der Waals surface area contributed by atoms with Gasteiger partial charge in [0.15, 0.2) is 5.16 Å². The highest BCUT2D eigenvalue weighted by molar-refractivity contribution is 7.98. The Morgan fingerprint density at radius 1 is 1.26 bits per heavy atom. The van der Waals surface area contributed by atoms with Gasteiger partial charge < -0.3 is 5.32 Å². The lowest BCUT2D eigenvalue weighted by Gasteiger charge is -2.04. The van der Waals surface area contributed by atoms with Gasteiger partial charge in [-0.3, -0.25) is 0 Å². The molecule has 0 unspecified atom stereocenters. The topological polar surface area (TPSA) is 63.6 Å². The predicted molar refractivity (Wildman–Crippen MR) is 79.8 cm³/mol. The van der Waals surface area contributed by atoms with Crippen LogP contribution in [0.4, 0.5) is 5.00 Å². The van der Waals surface area contributed by atoms with Crippen molar-refractivity contribution in [2.45, 2.75) is 38.1 Å². The molecule has 0 radical (unpaired) electrons. The molecule has 0 atom stereocenters. The van der Waals surface area contributed by atoms with Crippen molar-refractivity contribution in [2.24, 2.45) is 0 Å². The number of aromatic nitrogens is 4. The molecule has 0 saturated heterocycles. The van der Waals surface area contributed by atoms with Crippen molar-refractivity contribution in [2.75, 3.05) is 11.9 Å². The van der Waals surface area contributed by atoms with E-state index < -0.39 is 0 Å². The Bertz CT molecular complexity index is 520. The first-order chi connectivity index (χ1) is 9.19. The summed E-state index contributed by atoms with van der Waals surface area (Å²) in [4.78, 5) is 8.82. The normalized spacial score (nSPS) is 10.7. The molecule has 2 heterocycles. The largest absolute Gasteiger partial charge is 0.374 e. The zero-order chi connectivity index (χ0) is 13.7. The Labute approximate surface area is 121 Å². The highest BCUT2D eigenvalue weighted by atomic mass is 32.2. The molecule has 0 aliphatic carbocycles. The first-order valence-electron chi connectivity index (χ1n) is 6.19. The average Bonchev–Trinajstić information content (AvgIpc) is 2.80. The molecule has 1 N–H and O–H groups in total. The lowest BCUT2D eigenvalue weighted by atomic mass is 10.4. The van der Waals surface area contributed by atoms with Gasteiger partial charge in [-0.2, -0.15) is 0 Å². The van der Waals surface area contributed by atoms with E-state index in [1.165, 1.54) is 11.5 Å². The molecule has 0 fully saturated rings. The summed E-state index contributed by atoms with van der Waals surface area (Å²) in [5.74, 6) is 0.742. The van der Waals surface area contributed by atoms with Gasteiger partial charge in [-0.1, -0.05) is 23.2 Å². The number of nitrogens with zero attached hydrogens (tertiary/aromatic N) is 4. The predicted octanol–water partition coefficient (Wildman–Crippen LogP) is 3.06. The van der Waals surface area contributed by atoms with Gasteiger partial charge in [0.2, 0.25) is 0 Å². The third-order valence-electron chi connectivity index (χ3n) is 2.39. The second-order valence-electron chi connectivity index (χ2n) is 4.20. The quantitative estimate of drug-likeness (QED) is 0.653. The molecule has 7 heteroatoms. The SMILES string of the molecule is CCCNc1snnc1CSc1nc(C)cc(C)n1. The van der Waals surface area contributed by atoms with Crippen LogP contribution in [0.2, 0.25) is 0 Å². The van der Waals surface area contributed by atoms with Crippen LogP contribution in [0.3, 0.4) is 0 Å². The van der Waals surface area contributed by atoms with E-state index in [9.17, 15) is 0 Å². The lowest BCUT2D eigenvalue weighted by molar-refractivity contribution is 0.900. The van der Waals surface area contributed by atoms with Crippen LogP contribution >= 0.6 is 23.3 Å². The first kappa shape index (κ1) is 14.2. The average molecular weight is 295 g/mol. The van der Waals surface area contributed by atoms with Crippen molar-refractivity contribution >= 4 is 28.3 Å². The third kappa shape index (κ3) is 4.14. The van der Waals surface area contributed by atoms with Crippen molar-refractivity contribution in [1.29, 1.82) is 0 Å². The molecule has 0 aliphatic heterocycles. The smallest absolute Gasteiger partial charge is 0.188 e. The number of nitrogens with one attached hydrogen (secondary N) is 1. The van der Waals surface area contributed by atoms with Gasteiger partial charge in [0.25, 0.3) is 0 Å². The molecular weight excluding hydrogens is 278 g/mol. The Morgan fingerprint density at radius 3 is 2.68 bits per heavy atom. The molecule has 0 amide bonds. The Kier molecular flexibility index (Phi) is 5.09. The van der Waals surface area contributed by atoms with E-state index in [0.717, 1.165) is 46.0 Å². The van der Waals surface area contributed by atoms with E-state index in [4.69, 9.17) is 0 Å². The van der Waals surface area contributed by atoms with E-state index in [1.54, 1.807) is 11.8 Å². The number of thioether (sulfide) groups is 1. The van der Waals surface area contributed by atoms with Crippen LogP contribution in [-0.4, -0.2) is 26.1 Å². The van der Waals surface area contributed by atoms with E-state index in [2.05, 4.69) is 31.8 Å². The van der Waals surface area contributed by atoms with E-state index in [0.29, 0.717) is 0 Å². The number of hydrogen-bond acceptors (Lipinski definition) is 7. The summed E-state index contributed by atoms with van der Waals surface area (Å²) < 4.78 is 4.00. The molecule has 102 valence electrons. The minimum Gasteiger partial charge on any atom is -0.374 e. The Balaban J connectivity index is 2.00. The highest BCUT2D eigenvalue weighted by Gasteiger charge is 2.09. The van der Waals surface area contributed by atoms with Crippen LogP contribution in [0.5, 0.6) is 0 Å². The zero-order valence-electron chi connectivity index (χ0n) is 11.3. The fourth-order valence-corrected chi connectivity index (χ4v) is 3.15. The zero-order valence-corrected chi connectivity index (χ0v) is 12.9. The van der Waals surface area contributed by atoms with Crippen LogP contribution in [0.1, 0.15) is 30.4 Å². The molecule has 19 heavy (non-hydrogen) atoms. The van der Waals surface area contributed by atoms with Crippen molar-refractivity contribution in [1.82, 2.24) is 19.6 Å². The minimum atomic E-state index is 0.742. The van der Waals surface area contributed by atoms with Crippen LogP contribution in [-0.2, 0) is 5.75 Å². The first-order valence-corrected chi connectivity index (χ1v) is 7.95.